The molecule has 134 valence electrons. The highest BCUT2D eigenvalue weighted by Crippen LogP contribution is 2.32. The van der Waals surface area contributed by atoms with E-state index in [4.69, 9.17) is 9.56 Å². The predicted molar refractivity (Wildman–Crippen MR) is 88.7 cm³/mol. The first-order chi connectivity index (χ1) is 11.9. The standard InChI is InChI=1S/C17H19FN2O4S/c18-14-8-7-12(25(19,22)23)11-13(14)17(21)20-9-3-1-2-5-15(20)16-6-4-10-24-16/h4,6-8,10-11,15H,1-3,5,9H2,(H2,19,22,23). The van der Waals surface area contributed by atoms with Crippen molar-refractivity contribution in [3.63, 3.8) is 0 Å². The average Bonchev–Trinajstić information content (AvgIpc) is 2.98. The third kappa shape index (κ3) is 3.74. The number of rotatable bonds is 3. The summed E-state index contributed by atoms with van der Waals surface area (Å²) in [5, 5.41) is 5.09. The maximum atomic E-state index is 14.2. The van der Waals surface area contributed by atoms with Crippen molar-refractivity contribution < 1.29 is 22.0 Å². The second-order valence-corrected chi connectivity index (χ2v) is 7.63. The Bertz CT molecular complexity index is 865. The van der Waals surface area contributed by atoms with Crippen molar-refractivity contribution in [2.75, 3.05) is 6.54 Å². The van der Waals surface area contributed by atoms with E-state index in [1.54, 1.807) is 17.0 Å². The maximum Gasteiger partial charge on any atom is 0.257 e. The van der Waals surface area contributed by atoms with Crippen molar-refractivity contribution in [1.82, 2.24) is 4.90 Å². The molecule has 0 aliphatic carbocycles. The van der Waals surface area contributed by atoms with Crippen LogP contribution in [0, 0.1) is 5.82 Å². The zero-order chi connectivity index (χ0) is 18.0. The number of hydrogen-bond acceptors (Lipinski definition) is 4. The summed E-state index contributed by atoms with van der Waals surface area (Å²) in [5.41, 5.74) is -0.301. The lowest BCUT2D eigenvalue weighted by Gasteiger charge is -2.29. The third-order valence-corrected chi connectivity index (χ3v) is 5.29. The molecular weight excluding hydrogens is 347 g/mol. The van der Waals surface area contributed by atoms with Crippen LogP contribution >= 0.6 is 0 Å². The Morgan fingerprint density at radius 2 is 2.04 bits per heavy atom. The van der Waals surface area contributed by atoms with Crippen molar-refractivity contribution in [1.29, 1.82) is 0 Å². The number of carbonyl (C=O) groups excluding carboxylic acids is 1. The Morgan fingerprint density at radius 3 is 2.72 bits per heavy atom. The zero-order valence-corrected chi connectivity index (χ0v) is 14.3. The van der Waals surface area contributed by atoms with E-state index in [1.165, 1.54) is 6.26 Å². The van der Waals surface area contributed by atoms with Crippen LogP contribution in [0.15, 0.2) is 45.9 Å². The summed E-state index contributed by atoms with van der Waals surface area (Å²) >= 11 is 0. The van der Waals surface area contributed by atoms with Crippen LogP contribution in [0.4, 0.5) is 4.39 Å². The number of hydrogen-bond donors (Lipinski definition) is 1. The number of benzene rings is 1. The highest BCUT2D eigenvalue weighted by atomic mass is 32.2. The fourth-order valence-electron chi connectivity index (χ4n) is 3.13. The molecule has 25 heavy (non-hydrogen) atoms. The van der Waals surface area contributed by atoms with Gasteiger partial charge in [-0.2, -0.15) is 0 Å². The lowest BCUT2D eigenvalue weighted by atomic mass is 10.1. The van der Waals surface area contributed by atoms with Gasteiger partial charge in [-0.05, 0) is 43.2 Å². The Hall–Kier alpha value is -2.19. The van der Waals surface area contributed by atoms with Gasteiger partial charge in [-0.25, -0.2) is 17.9 Å². The summed E-state index contributed by atoms with van der Waals surface area (Å²) in [4.78, 5) is 14.2. The number of nitrogens with two attached hydrogens (primary N) is 1. The van der Waals surface area contributed by atoms with E-state index in [1.807, 2.05) is 0 Å². The van der Waals surface area contributed by atoms with Gasteiger partial charge >= 0.3 is 0 Å². The van der Waals surface area contributed by atoms with Gasteiger partial charge in [-0.1, -0.05) is 12.8 Å². The van der Waals surface area contributed by atoms with Gasteiger partial charge in [0.15, 0.2) is 0 Å². The molecule has 2 N–H and O–H groups in total. The molecule has 1 fully saturated rings. The molecule has 0 saturated carbocycles. The molecule has 0 bridgehead atoms. The Labute approximate surface area is 145 Å². The molecular formula is C17H19FN2O4S. The second kappa shape index (κ2) is 6.97. The first kappa shape index (κ1) is 17.6. The van der Waals surface area contributed by atoms with Crippen LogP contribution in [0.1, 0.15) is 47.8 Å². The maximum absolute atomic E-state index is 14.2. The molecule has 0 radical (unpaired) electrons. The number of carbonyl (C=O) groups is 1. The van der Waals surface area contributed by atoms with Crippen molar-refractivity contribution >= 4 is 15.9 Å². The summed E-state index contributed by atoms with van der Waals surface area (Å²) in [5.74, 6) is -0.704. The van der Waals surface area contributed by atoms with Gasteiger partial charge in [0.05, 0.1) is 22.8 Å². The number of likely N-dealkylation sites (tertiary alicyclic amines) is 1. The predicted octanol–water partition coefficient (Wildman–Crippen LogP) is 2.82. The molecule has 2 heterocycles. The Balaban J connectivity index is 2.00. The average molecular weight is 366 g/mol. The highest BCUT2D eigenvalue weighted by molar-refractivity contribution is 7.89. The minimum Gasteiger partial charge on any atom is -0.467 e. The summed E-state index contributed by atoms with van der Waals surface area (Å²) in [6, 6.07) is 6.22. The first-order valence-electron chi connectivity index (χ1n) is 8.04. The van der Waals surface area contributed by atoms with Crippen molar-refractivity contribution in [2.45, 2.75) is 36.6 Å². The molecule has 1 aromatic heterocycles. The number of amides is 1. The van der Waals surface area contributed by atoms with Crippen molar-refractivity contribution in [3.8, 4) is 0 Å². The number of nitrogens with zero attached hydrogens (tertiary/aromatic N) is 1. The van der Waals surface area contributed by atoms with E-state index in [-0.39, 0.29) is 16.5 Å². The molecule has 3 rings (SSSR count). The van der Waals surface area contributed by atoms with Gasteiger partial charge in [-0.15, -0.1) is 0 Å². The molecule has 1 aromatic carbocycles. The van der Waals surface area contributed by atoms with Crippen LogP contribution in [-0.2, 0) is 10.0 Å². The lowest BCUT2D eigenvalue weighted by Crippen LogP contribution is -2.35. The number of furan rings is 1. The quantitative estimate of drug-likeness (QED) is 0.904. The third-order valence-electron chi connectivity index (χ3n) is 4.38. The van der Waals surface area contributed by atoms with E-state index in [9.17, 15) is 17.6 Å². The van der Waals surface area contributed by atoms with E-state index in [0.29, 0.717) is 18.7 Å². The van der Waals surface area contributed by atoms with Gasteiger partial charge in [0.25, 0.3) is 5.91 Å². The monoisotopic (exact) mass is 366 g/mol. The van der Waals surface area contributed by atoms with Crippen LogP contribution in [0.2, 0.25) is 0 Å². The van der Waals surface area contributed by atoms with Gasteiger partial charge in [0.2, 0.25) is 10.0 Å². The van der Waals surface area contributed by atoms with Gasteiger partial charge in [0, 0.05) is 6.54 Å². The van der Waals surface area contributed by atoms with Crippen LogP contribution in [-0.4, -0.2) is 25.8 Å². The smallest absolute Gasteiger partial charge is 0.257 e. The lowest BCUT2D eigenvalue weighted by molar-refractivity contribution is 0.0653. The summed E-state index contributed by atoms with van der Waals surface area (Å²) in [6.45, 7) is 0.448. The second-order valence-electron chi connectivity index (χ2n) is 6.07. The van der Waals surface area contributed by atoms with Crippen molar-refractivity contribution in [2.24, 2.45) is 5.14 Å². The molecule has 1 unspecified atom stereocenters. The minimum absolute atomic E-state index is 0.290. The summed E-state index contributed by atoms with van der Waals surface area (Å²) in [7, 11) is -4.03. The fourth-order valence-corrected chi connectivity index (χ4v) is 3.67. The van der Waals surface area contributed by atoms with E-state index >= 15 is 0 Å². The summed E-state index contributed by atoms with van der Waals surface area (Å²) in [6.07, 6.45) is 4.91. The first-order valence-corrected chi connectivity index (χ1v) is 9.59. The SMILES string of the molecule is NS(=O)(=O)c1ccc(F)c(C(=O)N2CCCCCC2c2ccco2)c1. The van der Waals surface area contributed by atoms with Gasteiger partial charge < -0.3 is 9.32 Å². The number of sulfonamides is 1. The van der Waals surface area contributed by atoms with Gasteiger partial charge in [0.1, 0.15) is 11.6 Å². The molecule has 0 spiro atoms. The van der Waals surface area contributed by atoms with Crippen LogP contribution in [0.25, 0.3) is 0 Å². The number of halogens is 1. The molecule has 1 aliphatic heterocycles. The van der Waals surface area contributed by atoms with Crippen LogP contribution in [0.3, 0.4) is 0 Å². The molecule has 1 atom stereocenters. The van der Waals surface area contributed by atoms with E-state index in [2.05, 4.69) is 0 Å². The van der Waals surface area contributed by atoms with Crippen LogP contribution in [0.5, 0.6) is 0 Å². The molecule has 1 amide bonds. The molecule has 1 saturated heterocycles. The minimum atomic E-state index is -4.03. The topological polar surface area (TPSA) is 93.6 Å². The van der Waals surface area contributed by atoms with E-state index < -0.39 is 21.7 Å². The van der Waals surface area contributed by atoms with Crippen molar-refractivity contribution in [3.05, 3.63) is 53.7 Å². The zero-order valence-electron chi connectivity index (χ0n) is 13.5. The van der Waals surface area contributed by atoms with Gasteiger partial charge in [-0.3, -0.25) is 4.79 Å². The summed E-state index contributed by atoms with van der Waals surface area (Å²) < 4.78 is 42.7. The normalized spacial score (nSPS) is 18.8. The molecule has 2 aromatic rings. The molecule has 8 heteroatoms. The largest absolute Gasteiger partial charge is 0.467 e. The molecule has 1 aliphatic rings. The molecule has 6 nitrogen and oxygen atoms in total. The Morgan fingerprint density at radius 1 is 1.24 bits per heavy atom. The fraction of sp³-hybridized carbons (Fsp3) is 0.353. The highest BCUT2D eigenvalue weighted by Gasteiger charge is 2.31. The van der Waals surface area contributed by atoms with E-state index in [0.717, 1.165) is 37.5 Å². The number of primary sulfonamides is 1. The Kier molecular flexibility index (Phi) is 4.91. The van der Waals surface area contributed by atoms with Crippen LogP contribution < -0.4 is 5.14 Å².